The molecule has 2 aliphatic heterocycles. The Bertz CT molecular complexity index is 1240. The summed E-state index contributed by atoms with van der Waals surface area (Å²) in [6, 6.07) is 10.8. The number of piperazine rings is 1. The lowest BCUT2D eigenvalue weighted by molar-refractivity contribution is -0.135. The molecular weight excluding hydrogens is 522 g/mol. The number of carbonyl (C=O) groups is 3. The van der Waals surface area contributed by atoms with E-state index < -0.39 is 11.9 Å². The third-order valence-corrected chi connectivity index (χ3v) is 8.35. The molecule has 3 heterocycles. The van der Waals surface area contributed by atoms with Gasteiger partial charge in [0.2, 0.25) is 5.91 Å². The van der Waals surface area contributed by atoms with E-state index in [-0.39, 0.29) is 29.7 Å². The number of unbranched alkanes of at least 4 members (excludes halogenated alkanes) is 1. The molecule has 3 aliphatic rings. The Morgan fingerprint density at radius 1 is 1.02 bits per heavy atom. The van der Waals surface area contributed by atoms with Gasteiger partial charge in [-0.1, -0.05) is 57.5 Å². The number of hydrogen-bond acceptors (Lipinski definition) is 8. The molecule has 1 aliphatic carbocycles. The van der Waals surface area contributed by atoms with Crippen LogP contribution in [0.15, 0.2) is 36.4 Å². The average Bonchev–Trinajstić information content (AvgIpc) is 3.37. The van der Waals surface area contributed by atoms with E-state index in [0.29, 0.717) is 56.3 Å². The Morgan fingerprint density at radius 2 is 1.68 bits per heavy atom. The Labute approximate surface area is 241 Å². The van der Waals surface area contributed by atoms with Crippen LogP contribution >= 0.6 is 0 Å². The number of carbonyl (C=O) groups excluding carboxylic acids is 3. The molecule has 2 saturated heterocycles. The maximum atomic E-state index is 13.6. The van der Waals surface area contributed by atoms with Gasteiger partial charge in [0.25, 0.3) is 5.91 Å². The van der Waals surface area contributed by atoms with E-state index in [0.717, 1.165) is 31.5 Å². The minimum Gasteiger partial charge on any atom is -0.449 e. The Morgan fingerprint density at radius 3 is 2.32 bits per heavy atom. The number of hydrogen-bond donors (Lipinski definition) is 2. The first-order chi connectivity index (χ1) is 19.8. The van der Waals surface area contributed by atoms with Crippen LogP contribution < -0.4 is 16.0 Å². The summed E-state index contributed by atoms with van der Waals surface area (Å²) >= 11 is 0. The fourth-order valence-electron chi connectivity index (χ4n) is 5.62. The van der Waals surface area contributed by atoms with Crippen LogP contribution in [0.25, 0.3) is 11.4 Å². The molecule has 41 heavy (non-hydrogen) atoms. The van der Waals surface area contributed by atoms with Crippen molar-refractivity contribution in [3.63, 3.8) is 0 Å². The summed E-state index contributed by atoms with van der Waals surface area (Å²) in [5, 5.41) is 2.96. The first kappa shape index (κ1) is 28.8. The molecule has 4 atom stereocenters. The molecule has 0 radical (unpaired) electrons. The van der Waals surface area contributed by atoms with Gasteiger partial charge in [-0.3, -0.25) is 9.59 Å². The number of anilines is 1. The first-order valence-corrected chi connectivity index (χ1v) is 14.7. The number of nitrogens with two attached hydrogens (primary N) is 1. The van der Waals surface area contributed by atoms with E-state index in [1.165, 1.54) is 0 Å². The van der Waals surface area contributed by atoms with Crippen LogP contribution in [-0.2, 0) is 9.53 Å². The molecule has 2 aromatic rings. The largest absolute Gasteiger partial charge is 0.449 e. The molecule has 3 fully saturated rings. The predicted octanol–water partition coefficient (Wildman–Crippen LogP) is 2.37. The molecule has 11 heteroatoms. The van der Waals surface area contributed by atoms with Gasteiger partial charge in [-0.05, 0) is 24.2 Å². The Kier molecular flexibility index (Phi) is 8.72. The zero-order chi connectivity index (χ0) is 29.1. The summed E-state index contributed by atoms with van der Waals surface area (Å²) in [4.78, 5) is 54.4. The van der Waals surface area contributed by atoms with Gasteiger partial charge in [-0.15, -0.1) is 0 Å². The summed E-state index contributed by atoms with van der Waals surface area (Å²) in [5.41, 5.74) is 7.18. The molecule has 1 aromatic carbocycles. The van der Waals surface area contributed by atoms with Crippen molar-refractivity contribution in [3.8, 4) is 11.4 Å². The number of aromatic nitrogens is 2. The second-order valence-corrected chi connectivity index (χ2v) is 11.6. The SMILES string of the molecule is CCCCOC(=O)N1CCN(C(=O)[C@@H](NC(=O)c2cc(N3CC4C(N)[C@H]4C3)nc(-c3ccccc3)n2)C(C)C)CC1. The number of ether oxygens (including phenoxy) is 1. The fourth-order valence-corrected chi connectivity index (χ4v) is 5.62. The monoisotopic (exact) mass is 563 g/mol. The van der Waals surface area contributed by atoms with Gasteiger partial charge >= 0.3 is 6.09 Å². The molecular formula is C30H41N7O4. The first-order valence-electron chi connectivity index (χ1n) is 14.7. The van der Waals surface area contributed by atoms with Crippen molar-refractivity contribution in [1.29, 1.82) is 0 Å². The van der Waals surface area contributed by atoms with Crippen LogP contribution in [0, 0.1) is 17.8 Å². The maximum Gasteiger partial charge on any atom is 0.409 e. The molecule has 1 aromatic heterocycles. The van der Waals surface area contributed by atoms with Crippen LogP contribution in [0.1, 0.15) is 44.1 Å². The van der Waals surface area contributed by atoms with Gasteiger partial charge < -0.3 is 30.5 Å². The summed E-state index contributed by atoms with van der Waals surface area (Å²) in [6.07, 6.45) is 1.44. The highest BCUT2D eigenvalue weighted by atomic mass is 16.6. The van der Waals surface area contributed by atoms with Crippen molar-refractivity contribution >= 4 is 23.7 Å². The number of nitrogens with one attached hydrogen (secondary N) is 1. The summed E-state index contributed by atoms with van der Waals surface area (Å²) in [7, 11) is 0. The third-order valence-electron chi connectivity index (χ3n) is 8.35. The number of nitrogens with zero attached hydrogens (tertiary/aromatic N) is 5. The lowest BCUT2D eigenvalue weighted by Crippen LogP contribution is -2.57. The minimum absolute atomic E-state index is 0.148. The normalized spacial score (nSPS) is 22.4. The molecule has 11 nitrogen and oxygen atoms in total. The lowest BCUT2D eigenvalue weighted by Gasteiger charge is -2.36. The average molecular weight is 564 g/mol. The topological polar surface area (TPSA) is 134 Å². The Balaban J connectivity index is 1.28. The van der Waals surface area contributed by atoms with Gasteiger partial charge in [0.1, 0.15) is 17.6 Å². The predicted molar refractivity (Wildman–Crippen MR) is 155 cm³/mol. The van der Waals surface area contributed by atoms with Gasteiger partial charge in [0.15, 0.2) is 5.82 Å². The summed E-state index contributed by atoms with van der Waals surface area (Å²) in [5.74, 6) is 1.35. The van der Waals surface area contributed by atoms with E-state index >= 15 is 0 Å². The van der Waals surface area contributed by atoms with Gasteiger partial charge in [-0.25, -0.2) is 14.8 Å². The maximum absolute atomic E-state index is 13.6. The molecule has 3 N–H and O–H groups in total. The van der Waals surface area contributed by atoms with Crippen molar-refractivity contribution in [1.82, 2.24) is 25.1 Å². The van der Waals surface area contributed by atoms with E-state index in [4.69, 9.17) is 15.5 Å². The van der Waals surface area contributed by atoms with Crippen LogP contribution in [0.5, 0.6) is 0 Å². The molecule has 220 valence electrons. The van der Waals surface area contributed by atoms with Crippen molar-refractivity contribution in [2.45, 2.75) is 45.7 Å². The zero-order valence-corrected chi connectivity index (χ0v) is 24.2. The van der Waals surface area contributed by atoms with Crippen molar-refractivity contribution in [2.75, 3.05) is 50.8 Å². The highest BCUT2D eigenvalue weighted by molar-refractivity contribution is 5.97. The molecule has 0 spiro atoms. The molecule has 2 unspecified atom stereocenters. The number of fused-ring (bicyclic) bond motifs is 1. The second kappa shape index (κ2) is 12.4. The number of rotatable bonds is 9. The van der Waals surface area contributed by atoms with Crippen molar-refractivity contribution in [2.24, 2.45) is 23.5 Å². The van der Waals surface area contributed by atoms with Gasteiger partial charge in [0.05, 0.1) is 6.61 Å². The van der Waals surface area contributed by atoms with Crippen LogP contribution in [0.4, 0.5) is 10.6 Å². The smallest absolute Gasteiger partial charge is 0.409 e. The quantitative estimate of drug-likeness (QED) is 0.444. The standard InChI is InChI=1S/C30H41N7O4/c1-4-5-15-41-30(40)36-13-11-35(12-14-36)29(39)26(19(2)3)34-28(38)23-16-24(37-17-21-22(18-37)25(21)31)33-27(32-23)20-9-7-6-8-10-20/h6-10,16,19,21-22,25-26H,4-5,11-15,17-18,31H2,1-3H3,(H,34,38)/t21-,22?,25?,26-/m0/s1. The van der Waals surface area contributed by atoms with E-state index in [1.54, 1.807) is 15.9 Å². The van der Waals surface area contributed by atoms with Crippen LogP contribution in [0.3, 0.4) is 0 Å². The summed E-state index contributed by atoms with van der Waals surface area (Å²) in [6.45, 7) is 9.44. The number of benzene rings is 1. The lowest BCUT2D eigenvalue weighted by atomic mass is 10.0. The Hall–Kier alpha value is -3.73. The van der Waals surface area contributed by atoms with Crippen LogP contribution in [0.2, 0.25) is 0 Å². The highest BCUT2D eigenvalue weighted by Gasteiger charge is 2.54. The van der Waals surface area contributed by atoms with E-state index in [1.807, 2.05) is 51.1 Å². The van der Waals surface area contributed by atoms with Gasteiger partial charge in [-0.2, -0.15) is 0 Å². The van der Waals surface area contributed by atoms with E-state index in [2.05, 4.69) is 15.2 Å². The van der Waals surface area contributed by atoms with Gasteiger partial charge in [0, 0.05) is 56.9 Å². The van der Waals surface area contributed by atoms with Crippen molar-refractivity contribution in [3.05, 3.63) is 42.1 Å². The van der Waals surface area contributed by atoms with Crippen LogP contribution in [-0.4, -0.2) is 95.6 Å². The fraction of sp³-hybridized carbons (Fsp3) is 0.567. The third kappa shape index (κ3) is 6.45. The summed E-state index contributed by atoms with van der Waals surface area (Å²) < 4.78 is 5.31. The molecule has 3 amide bonds. The van der Waals surface area contributed by atoms with Crippen molar-refractivity contribution < 1.29 is 19.1 Å². The molecule has 5 rings (SSSR count). The second-order valence-electron chi connectivity index (χ2n) is 11.6. The minimum atomic E-state index is -0.735. The number of amides is 3. The van der Waals surface area contributed by atoms with E-state index in [9.17, 15) is 14.4 Å². The molecule has 0 bridgehead atoms. The highest BCUT2D eigenvalue weighted by Crippen LogP contribution is 2.45. The zero-order valence-electron chi connectivity index (χ0n) is 24.2. The number of piperidine rings is 1. The molecule has 1 saturated carbocycles.